The van der Waals surface area contributed by atoms with E-state index in [9.17, 15) is 0 Å². The Morgan fingerprint density at radius 2 is 2.11 bits per heavy atom. The standard InChI is InChI=1S/C16H23NO/c18-14-6-11-16-10-5-13-17(16)12-4-9-15-7-2-1-3-8-15/h1-4,7-9,16,18H,5-6,10-14H2. The fourth-order valence-electron chi connectivity index (χ4n) is 2.68. The normalized spacial score (nSPS) is 20.8. The first-order valence-electron chi connectivity index (χ1n) is 6.96. The highest BCUT2D eigenvalue weighted by atomic mass is 16.2. The third-order valence-electron chi connectivity index (χ3n) is 3.64. The van der Waals surface area contributed by atoms with E-state index in [0.717, 1.165) is 19.4 Å². The predicted octanol–water partition coefficient (Wildman–Crippen LogP) is 2.94. The van der Waals surface area contributed by atoms with Crippen molar-refractivity contribution < 1.29 is 5.11 Å². The summed E-state index contributed by atoms with van der Waals surface area (Å²) in [6.07, 6.45) is 9.11. The van der Waals surface area contributed by atoms with Crippen molar-refractivity contribution in [2.45, 2.75) is 31.7 Å². The maximum absolute atomic E-state index is 8.91. The largest absolute Gasteiger partial charge is 0.396 e. The van der Waals surface area contributed by atoms with Gasteiger partial charge in [0.1, 0.15) is 0 Å². The number of aliphatic hydroxyl groups is 1. The van der Waals surface area contributed by atoms with Crippen molar-refractivity contribution in [3.63, 3.8) is 0 Å². The van der Waals surface area contributed by atoms with Crippen LogP contribution in [0.5, 0.6) is 0 Å². The minimum atomic E-state index is 0.324. The van der Waals surface area contributed by atoms with Gasteiger partial charge in [-0.3, -0.25) is 4.90 Å². The molecule has 1 aromatic rings. The average Bonchev–Trinajstić information content (AvgIpc) is 2.85. The lowest BCUT2D eigenvalue weighted by Gasteiger charge is -2.22. The third kappa shape index (κ3) is 3.97. The maximum Gasteiger partial charge on any atom is 0.0431 e. The fourth-order valence-corrected chi connectivity index (χ4v) is 2.68. The second-order valence-corrected chi connectivity index (χ2v) is 4.97. The van der Waals surface area contributed by atoms with Crippen LogP contribution in [0.1, 0.15) is 31.2 Å². The minimum Gasteiger partial charge on any atom is -0.396 e. The number of rotatable bonds is 6. The molecule has 0 aliphatic carbocycles. The highest BCUT2D eigenvalue weighted by molar-refractivity contribution is 5.48. The zero-order chi connectivity index (χ0) is 12.6. The van der Waals surface area contributed by atoms with E-state index in [1.54, 1.807) is 0 Å². The van der Waals surface area contributed by atoms with Gasteiger partial charge in [-0.05, 0) is 37.8 Å². The van der Waals surface area contributed by atoms with Crippen LogP contribution in [0.25, 0.3) is 6.08 Å². The molecule has 1 saturated heterocycles. The molecule has 2 rings (SSSR count). The number of likely N-dealkylation sites (tertiary alicyclic amines) is 1. The molecule has 1 heterocycles. The van der Waals surface area contributed by atoms with E-state index in [1.165, 1.54) is 24.9 Å². The first-order chi connectivity index (χ1) is 8.90. The van der Waals surface area contributed by atoms with Gasteiger partial charge in [-0.15, -0.1) is 0 Å². The first kappa shape index (κ1) is 13.3. The van der Waals surface area contributed by atoms with Crippen LogP contribution >= 0.6 is 0 Å². The molecule has 0 amide bonds. The molecule has 1 aliphatic heterocycles. The molecule has 0 saturated carbocycles. The molecule has 1 unspecified atom stereocenters. The molecule has 1 aliphatic rings. The smallest absolute Gasteiger partial charge is 0.0431 e. The van der Waals surface area contributed by atoms with Gasteiger partial charge < -0.3 is 5.11 Å². The molecule has 1 atom stereocenters. The van der Waals surface area contributed by atoms with Crippen molar-refractivity contribution in [2.75, 3.05) is 19.7 Å². The lowest BCUT2D eigenvalue weighted by molar-refractivity contribution is 0.230. The number of hydrogen-bond donors (Lipinski definition) is 1. The van der Waals surface area contributed by atoms with Crippen LogP contribution in [-0.4, -0.2) is 35.7 Å². The Balaban J connectivity index is 1.80. The Bertz CT molecular complexity index is 361. The Morgan fingerprint density at radius 3 is 2.89 bits per heavy atom. The minimum absolute atomic E-state index is 0.324. The van der Waals surface area contributed by atoms with Crippen LogP contribution in [0.4, 0.5) is 0 Å². The van der Waals surface area contributed by atoms with Gasteiger partial charge in [0.25, 0.3) is 0 Å². The van der Waals surface area contributed by atoms with Crippen molar-refractivity contribution >= 4 is 6.08 Å². The van der Waals surface area contributed by atoms with Crippen LogP contribution in [0.3, 0.4) is 0 Å². The van der Waals surface area contributed by atoms with Crippen LogP contribution in [0.15, 0.2) is 36.4 Å². The molecule has 0 bridgehead atoms. The molecule has 98 valence electrons. The van der Waals surface area contributed by atoms with Crippen molar-refractivity contribution in [3.8, 4) is 0 Å². The van der Waals surface area contributed by atoms with Crippen molar-refractivity contribution in [1.29, 1.82) is 0 Å². The fraction of sp³-hybridized carbons (Fsp3) is 0.500. The Labute approximate surface area is 110 Å². The van der Waals surface area contributed by atoms with Crippen molar-refractivity contribution in [1.82, 2.24) is 4.90 Å². The second kappa shape index (κ2) is 7.34. The maximum atomic E-state index is 8.91. The van der Waals surface area contributed by atoms with Crippen LogP contribution < -0.4 is 0 Å². The Morgan fingerprint density at radius 1 is 1.28 bits per heavy atom. The molecular formula is C16H23NO. The van der Waals surface area contributed by atoms with E-state index >= 15 is 0 Å². The second-order valence-electron chi connectivity index (χ2n) is 4.97. The molecular weight excluding hydrogens is 222 g/mol. The zero-order valence-corrected chi connectivity index (χ0v) is 11.0. The number of nitrogens with zero attached hydrogens (tertiary/aromatic N) is 1. The van der Waals surface area contributed by atoms with Gasteiger partial charge in [-0.1, -0.05) is 42.5 Å². The number of benzene rings is 1. The number of aliphatic hydroxyl groups excluding tert-OH is 1. The number of hydrogen-bond acceptors (Lipinski definition) is 2. The van der Waals surface area contributed by atoms with E-state index in [1.807, 2.05) is 6.07 Å². The quantitative estimate of drug-likeness (QED) is 0.833. The van der Waals surface area contributed by atoms with Crippen LogP contribution in [0, 0.1) is 0 Å². The molecule has 1 N–H and O–H groups in total. The van der Waals surface area contributed by atoms with Crippen LogP contribution in [-0.2, 0) is 0 Å². The van der Waals surface area contributed by atoms with E-state index in [0.29, 0.717) is 12.6 Å². The third-order valence-corrected chi connectivity index (χ3v) is 3.64. The van der Waals surface area contributed by atoms with Crippen molar-refractivity contribution in [3.05, 3.63) is 42.0 Å². The lowest BCUT2D eigenvalue weighted by atomic mass is 10.1. The Kier molecular flexibility index (Phi) is 5.43. The summed E-state index contributed by atoms with van der Waals surface area (Å²) in [7, 11) is 0. The molecule has 18 heavy (non-hydrogen) atoms. The van der Waals surface area contributed by atoms with Gasteiger partial charge in [0.05, 0.1) is 0 Å². The van der Waals surface area contributed by atoms with E-state index in [4.69, 9.17) is 5.11 Å². The predicted molar refractivity (Wildman–Crippen MR) is 76.4 cm³/mol. The summed E-state index contributed by atoms with van der Waals surface area (Å²) >= 11 is 0. The van der Waals surface area contributed by atoms with Gasteiger partial charge in [0.2, 0.25) is 0 Å². The highest BCUT2D eigenvalue weighted by Crippen LogP contribution is 2.21. The molecule has 0 spiro atoms. The molecule has 0 aromatic heterocycles. The summed E-state index contributed by atoms with van der Waals surface area (Å²) in [6, 6.07) is 11.1. The van der Waals surface area contributed by atoms with Crippen molar-refractivity contribution in [2.24, 2.45) is 0 Å². The summed E-state index contributed by atoms with van der Waals surface area (Å²) in [5, 5.41) is 8.91. The highest BCUT2D eigenvalue weighted by Gasteiger charge is 2.22. The summed E-state index contributed by atoms with van der Waals surface area (Å²) in [4.78, 5) is 2.54. The summed E-state index contributed by atoms with van der Waals surface area (Å²) in [5.41, 5.74) is 1.27. The zero-order valence-electron chi connectivity index (χ0n) is 11.0. The van der Waals surface area contributed by atoms with Gasteiger partial charge in [0, 0.05) is 19.2 Å². The van der Waals surface area contributed by atoms with E-state index in [-0.39, 0.29) is 0 Å². The van der Waals surface area contributed by atoms with Gasteiger partial charge in [-0.25, -0.2) is 0 Å². The topological polar surface area (TPSA) is 23.5 Å². The summed E-state index contributed by atoms with van der Waals surface area (Å²) in [5.74, 6) is 0. The SMILES string of the molecule is OCCCC1CCCN1CC=Cc1ccccc1. The summed E-state index contributed by atoms with van der Waals surface area (Å²) < 4.78 is 0. The average molecular weight is 245 g/mol. The molecule has 2 heteroatoms. The monoisotopic (exact) mass is 245 g/mol. The van der Waals surface area contributed by atoms with E-state index < -0.39 is 0 Å². The van der Waals surface area contributed by atoms with Gasteiger partial charge in [0.15, 0.2) is 0 Å². The lowest BCUT2D eigenvalue weighted by Crippen LogP contribution is -2.29. The summed E-state index contributed by atoms with van der Waals surface area (Å²) in [6.45, 7) is 2.56. The van der Waals surface area contributed by atoms with Crippen LogP contribution in [0.2, 0.25) is 0 Å². The molecule has 1 fully saturated rings. The van der Waals surface area contributed by atoms with E-state index in [2.05, 4.69) is 41.3 Å². The molecule has 2 nitrogen and oxygen atoms in total. The van der Waals surface area contributed by atoms with Gasteiger partial charge in [-0.2, -0.15) is 0 Å². The Hall–Kier alpha value is -1.12. The molecule has 0 radical (unpaired) electrons. The first-order valence-corrected chi connectivity index (χ1v) is 6.96. The molecule has 1 aromatic carbocycles. The van der Waals surface area contributed by atoms with Gasteiger partial charge >= 0.3 is 0 Å².